The van der Waals surface area contributed by atoms with Crippen LogP contribution in [0.25, 0.3) is 21.5 Å². The fourth-order valence-corrected chi connectivity index (χ4v) is 4.54. The van der Waals surface area contributed by atoms with Gasteiger partial charge in [0.05, 0.1) is 21.6 Å². The zero-order valence-corrected chi connectivity index (χ0v) is 20.8. The Morgan fingerprint density at radius 1 is 0.974 bits per heavy atom. The highest BCUT2D eigenvalue weighted by Crippen LogP contribution is 2.38. The Bertz CT molecular complexity index is 1690. The summed E-state index contributed by atoms with van der Waals surface area (Å²) < 4.78 is 47.1. The summed E-state index contributed by atoms with van der Waals surface area (Å²) in [5.74, 6) is -0.439. The second-order valence-electron chi connectivity index (χ2n) is 8.09. The Labute approximate surface area is 222 Å². The maximum Gasteiger partial charge on any atom is 0.416 e. The van der Waals surface area contributed by atoms with Crippen LogP contribution in [0.2, 0.25) is 0 Å². The topological polar surface area (TPSA) is 119 Å². The molecule has 13 heteroatoms. The smallest absolute Gasteiger partial charge is 0.416 e. The molecule has 0 fully saturated rings. The first-order valence-corrected chi connectivity index (χ1v) is 12.1. The van der Waals surface area contributed by atoms with Crippen molar-refractivity contribution in [3.05, 3.63) is 84.4 Å². The molecule has 5 aromatic rings. The van der Waals surface area contributed by atoms with E-state index in [-0.39, 0.29) is 34.3 Å². The monoisotopic (exact) mass is 550 g/mol. The number of pyridine rings is 1. The van der Waals surface area contributed by atoms with E-state index in [1.165, 1.54) is 61.2 Å². The molecule has 0 aliphatic rings. The van der Waals surface area contributed by atoms with Crippen LogP contribution in [0.4, 0.5) is 24.0 Å². The van der Waals surface area contributed by atoms with Gasteiger partial charge in [-0.15, -0.1) is 0 Å². The molecule has 0 unspecified atom stereocenters. The standard InChI is InChI=1S/C26H17F3N6O3S/c1-14(36)33-25-35-23-20(3-2-4-21(23)39-25)38-22-12-18(31-13-32-22)17-6-5-16(26(27,28)29)11-19(17)34-24(37)15-7-9-30-10-8-15/h2-13H,1H3,(H,34,37)(H,33,35,36). The highest BCUT2D eigenvalue weighted by atomic mass is 32.1. The van der Waals surface area contributed by atoms with Crippen LogP contribution in [0.3, 0.4) is 0 Å². The number of hydrogen-bond donors (Lipinski definition) is 2. The molecule has 3 aromatic heterocycles. The fraction of sp³-hybridized carbons (Fsp3) is 0.0769. The number of para-hydroxylation sites is 1. The Hall–Kier alpha value is -4.91. The van der Waals surface area contributed by atoms with Crippen molar-refractivity contribution in [2.24, 2.45) is 0 Å². The van der Waals surface area contributed by atoms with Gasteiger partial charge in [0.25, 0.3) is 5.91 Å². The molecule has 0 aliphatic carbocycles. The molecule has 3 heterocycles. The molecule has 0 atom stereocenters. The molecule has 0 saturated heterocycles. The van der Waals surface area contributed by atoms with Crippen molar-refractivity contribution in [1.29, 1.82) is 0 Å². The summed E-state index contributed by atoms with van der Waals surface area (Å²) in [5, 5.41) is 5.57. The molecule has 9 nitrogen and oxygen atoms in total. The maximum absolute atomic E-state index is 13.5. The minimum Gasteiger partial charge on any atom is -0.437 e. The van der Waals surface area contributed by atoms with E-state index in [1.807, 2.05) is 6.07 Å². The number of anilines is 2. The van der Waals surface area contributed by atoms with E-state index in [0.717, 1.165) is 16.8 Å². The lowest BCUT2D eigenvalue weighted by Gasteiger charge is -2.15. The highest BCUT2D eigenvalue weighted by molar-refractivity contribution is 7.22. The number of amides is 2. The number of hydrogen-bond acceptors (Lipinski definition) is 8. The van der Waals surface area contributed by atoms with E-state index in [2.05, 4.69) is 30.6 Å². The molecular weight excluding hydrogens is 533 g/mol. The number of carbonyl (C=O) groups is 2. The molecular formula is C26H17F3N6O3S. The zero-order chi connectivity index (χ0) is 27.6. The van der Waals surface area contributed by atoms with Crippen LogP contribution in [0.5, 0.6) is 11.6 Å². The number of alkyl halides is 3. The molecule has 0 bridgehead atoms. The number of benzene rings is 2. The van der Waals surface area contributed by atoms with Gasteiger partial charge in [-0.25, -0.2) is 15.0 Å². The largest absolute Gasteiger partial charge is 0.437 e. The minimum atomic E-state index is -4.63. The van der Waals surface area contributed by atoms with Crippen molar-refractivity contribution < 1.29 is 27.5 Å². The van der Waals surface area contributed by atoms with Gasteiger partial charge in [0.2, 0.25) is 11.8 Å². The van der Waals surface area contributed by atoms with E-state index in [1.54, 1.807) is 12.1 Å². The van der Waals surface area contributed by atoms with E-state index in [4.69, 9.17) is 4.74 Å². The molecule has 5 rings (SSSR count). The van der Waals surface area contributed by atoms with Gasteiger partial charge in [-0.1, -0.05) is 23.5 Å². The van der Waals surface area contributed by atoms with Crippen LogP contribution in [0.1, 0.15) is 22.8 Å². The van der Waals surface area contributed by atoms with Crippen molar-refractivity contribution in [2.75, 3.05) is 10.6 Å². The highest BCUT2D eigenvalue weighted by Gasteiger charge is 2.31. The average Bonchev–Trinajstić information content (AvgIpc) is 3.31. The zero-order valence-electron chi connectivity index (χ0n) is 20.0. The lowest BCUT2D eigenvalue weighted by molar-refractivity contribution is -0.137. The van der Waals surface area contributed by atoms with Crippen molar-refractivity contribution in [3.8, 4) is 22.9 Å². The molecule has 2 amide bonds. The molecule has 39 heavy (non-hydrogen) atoms. The van der Waals surface area contributed by atoms with Crippen LogP contribution in [-0.4, -0.2) is 31.8 Å². The maximum atomic E-state index is 13.5. The Kier molecular flexibility index (Phi) is 6.90. The van der Waals surface area contributed by atoms with Gasteiger partial charge in [-0.2, -0.15) is 13.2 Å². The molecule has 0 radical (unpaired) electrons. The minimum absolute atomic E-state index is 0.0906. The summed E-state index contributed by atoms with van der Waals surface area (Å²) in [4.78, 5) is 40.7. The first-order chi connectivity index (χ1) is 18.7. The quantitative estimate of drug-likeness (QED) is 0.260. The Balaban J connectivity index is 1.50. The molecule has 0 spiro atoms. The number of aromatic nitrogens is 4. The van der Waals surface area contributed by atoms with Gasteiger partial charge in [0.15, 0.2) is 10.9 Å². The van der Waals surface area contributed by atoms with Crippen molar-refractivity contribution in [2.45, 2.75) is 13.1 Å². The number of halogens is 3. The molecule has 2 N–H and O–H groups in total. The molecule has 2 aromatic carbocycles. The Morgan fingerprint density at radius 3 is 2.51 bits per heavy atom. The molecule has 0 saturated carbocycles. The van der Waals surface area contributed by atoms with Crippen molar-refractivity contribution >= 4 is 44.2 Å². The number of carbonyl (C=O) groups excluding carboxylic acids is 2. The van der Waals surface area contributed by atoms with Gasteiger partial charge in [-0.05, 0) is 36.4 Å². The van der Waals surface area contributed by atoms with E-state index in [9.17, 15) is 22.8 Å². The lowest BCUT2D eigenvalue weighted by atomic mass is 10.0. The number of rotatable bonds is 6. The predicted molar refractivity (Wildman–Crippen MR) is 139 cm³/mol. The van der Waals surface area contributed by atoms with Crippen LogP contribution < -0.4 is 15.4 Å². The average molecular weight is 551 g/mol. The second kappa shape index (κ2) is 10.5. The number of nitrogens with one attached hydrogen (secondary N) is 2. The van der Waals surface area contributed by atoms with Gasteiger partial charge in [-0.3, -0.25) is 14.6 Å². The van der Waals surface area contributed by atoms with E-state index in [0.29, 0.717) is 16.4 Å². The number of thiazole rings is 1. The Morgan fingerprint density at radius 2 is 1.77 bits per heavy atom. The predicted octanol–water partition coefficient (Wildman–Crippen LogP) is 6.17. The number of ether oxygens (including phenoxy) is 1. The van der Waals surface area contributed by atoms with Crippen LogP contribution in [-0.2, 0) is 11.0 Å². The summed E-state index contributed by atoms with van der Waals surface area (Å²) in [7, 11) is 0. The van der Waals surface area contributed by atoms with Gasteiger partial charge in [0, 0.05) is 36.5 Å². The summed E-state index contributed by atoms with van der Waals surface area (Å²) >= 11 is 1.27. The fourth-order valence-electron chi connectivity index (χ4n) is 3.61. The first-order valence-electron chi connectivity index (χ1n) is 11.3. The molecule has 0 aliphatic heterocycles. The summed E-state index contributed by atoms with van der Waals surface area (Å²) in [5.41, 5.74) is 0.103. The SMILES string of the molecule is CC(=O)Nc1nc2c(Oc3cc(-c4ccc(C(F)(F)F)cc4NC(=O)c4ccncc4)ncn3)cccc2s1. The third-order valence-corrected chi connectivity index (χ3v) is 6.27. The van der Waals surface area contributed by atoms with Crippen LogP contribution >= 0.6 is 11.3 Å². The lowest BCUT2D eigenvalue weighted by Crippen LogP contribution is -2.14. The first kappa shape index (κ1) is 25.7. The van der Waals surface area contributed by atoms with Crippen molar-refractivity contribution in [1.82, 2.24) is 19.9 Å². The number of fused-ring (bicyclic) bond motifs is 1. The summed E-state index contributed by atoms with van der Waals surface area (Å²) in [6.07, 6.45) is -0.631. The van der Waals surface area contributed by atoms with Crippen molar-refractivity contribution in [3.63, 3.8) is 0 Å². The third-order valence-electron chi connectivity index (χ3n) is 5.34. The third kappa shape index (κ3) is 5.83. The normalized spacial score (nSPS) is 11.3. The van der Waals surface area contributed by atoms with Crippen LogP contribution in [0.15, 0.2) is 73.3 Å². The summed E-state index contributed by atoms with van der Waals surface area (Å²) in [6, 6.07) is 12.5. The van der Waals surface area contributed by atoms with Gasteiger partial charge < -0.3 is 15.4 Å². The molecule has 196 valence electrons. The van der Waals surface area contributed by atoms with Gasteiger partial charge in [0.1, 0.15) is 11.8 Å². The van der Waals surface area contributed by atoms with Gasteiger partial charge >= 0.3 is 6.18 Å². The van der Waals surface area contributed by atoms with Crippen LogP contribution in [0, 0.1) is 0 Å². The van der Waals surface area contributed by atoms with E-state index < -0.39 is 17.6 Å². The number of nitrogens with zero attached hydrogens (tertiary/aromatic N) is 4. The van der Waals surface area contributed by atoms with E-state index >= 15 is 0 Å². The summed E-state index contributed by atoms with van der Waals surface area (Å²) in [6.45, 7) is 1.38. The second-order valence-corrected chi connectivity index (χ2v) is 9.13.